The van der Waals surface area contributed by atoms with Gasteiger partial charge in [0, 0.05) is 19.5 Å². The van der Waals surface area contributed by atoms with Crippen molar-refractivity contribution in [2.45, 2.75) is 19.4 Å². The number of unbranched alkanes of at least 4 members (excludes halogenated alkanes) is 1. The molecule has 2 nitrogen and oxygen atoms in total. The minimum atomic E-state index is 0.197. The van der Waals surface area contributed by atoms with E-state index in [2.05, 4.69) is 23.0 Å². The van der Waals surface area contributed by atoms with Crippen LogP contribution >= 0.6 is 0 Å². The molecule has 2 heteroatoms. The van der Waals surface area contributed by atoms with Gasteiger partial charge in [-0.15, -0.1) is 12.3 Å². The van der Waals surface area contributed by atoms with Gasteiger partial charge in [-0.05, 0) is 18.5 Å². The third-order valence-corrected chi connectivity index (χ3v) is 2.46. The molecule has 1 N–H and O–H groups in total. The second kappa shape index (κ2) is 7.92. The van der Waals surface area contributed by atoms with Crippen molar-refractivity contribution >= 4 is 0 Å². The molecule has 0 aliphatic carbocycles. The second-order valence-electron chi connectivity index (χ2n) is 3.79. The molecule has 0 radical (unpaired) electrons. The predicted octanol–water partition coefficient (Wildman–Crippen LogP) is 1.89. The minimum Gasteiger partial charge on any atom is -0.395 e. The number of aliphatic hydroxyl groups excluding tert-OH is 1. The molecule has 0 spiro atoms. The van der Waals surface area contributed by atoms with Gasteiger partial charge in [0.15, 0.2) is 0 Å². The summed E-state index contributed by atoms with van der Waals surface area (Å²) in [7, 11) is 0. The zero-order valence-electron chi connectivity index (χ0n) is 9.60. The topological polar surface area (TPSA) is 23.5 Å². The van der Waals surface area contributed by atoms with Crippen molar-refractivity contribution in [3.63, 3.8) is 0 Å². The van der Waals surface area contributed by atoms with Crippen molar-refractivity contribution in [3.8, 4) is 12.3 Å². The van der Waals surface area contributed by atoms with Crippen LogP contribution in [0.4, 0.5) is 0 Å². The minimum absolute atomic E-state index is 0.197. The molecule has 0 unspecified atom stereocenters. The summed E-state index contributed by atoms with van der Waals surface area (Å²) in [4.78, 5) is 2.23. The molecule has 0 bridgehead atoms. The third kappa shape index (κ3) is 4.97. The molecule has 1 aromatic rings. The fraction of sp³-hybridized carbons (Fsp3) is 0.429. The smallest absolute Gasteiger partial charge is 0.0558 e. The van der Waals surface area contributed by atoms with Crippen molar-refractivity contribution in [1.29, 1.82) is 0 Å². The summed E-state index contributed by atoms with van der Waals surface area (Å²) >= 11 is 0. The average molecular weight is 217 g/mol. The number of hydrogen-bond donors (Lipinski definition) is 1. The maximum atomic E-state index is 8.99. The number of benzene rings is 1. The summed E-state index contributed by atoms with van der Waals surface area (Å²) in [5.41, 5.74) is 1.27. The Kier molecular flexibility index (Phi) is 6.32. The maximum Gasteiger partial charge on any atom is 0.0558 e. The lowest BCUT2D eigenvalue weighted by Gasteiger charge is -2.20. The normalized spacial score (nSPS) is 10.3. The highest BCUT2D eigenvalue weighted by atomic mass is 16.3. The van der Waals surface area contributed by atoms with Crippen LogP contribution < -0.4 is 0 Å². The Balaban J connectivity index is 2.41. The van der Waals surface area contributed by atoms with Crippen molar-refractivity contribution in [2.24, 2.45) is 0 Å². The van der Waals surface area contributed by atoms with E-state index < -0.39 is 0 Å². The van der Waals surface area contributed by atoms with Crippen LogP contribution in [-0.2, 0) is 6.54 Å². The van der Waals surface area contributed by atoms with Gasteiger partial charge >= 0.3 is 0 Å². The van der Waals surface area contributed by atoms with Crippen LogP contribution in [0, 0.1) is 12.3 Å². The Bertz CT molecular complexity index is 315. The van der Waals surface area contributed by atoms with Crippen molar-refractivity contribution in [2.75, 3.05) is 19.7 Å². The molecule has 0 aliphatic heterocycles. The molecule has 0 aliphatic rings. The zero-order valence-corrected chi connectivity index (χ0v) is 9.60. The number of nitrogens with zero attached hydrogens (tertiary/aromatic N) is 1. The Labute approximate surface area is 97.9 Å². The monoisotopic (exact) mass is 217 g/mol. The van der Waals surface area contributed by atoms with Crippen LogP contribution in [0.25, 0.3) is 0 Å². The van der Waals surface area contributed by atoms with Gasteiger partial charge < -0.3 is 5.11 Å². The van der Waals surface area contributed by atoms with E-state index in [-0.39, 0.29) is 6.61 Å². The summed E-state index contributed by atoms with van der Waals surface area (Å²) < 4.78 is 0. The van der Waals surface area contributed by atoms with Gasteiger partial charge in [0.1, 0.15) is 0 Å². The summed E-state index contributed by atoms with van der Waals surface area (Å²) in [6.45, 7) is 2.73. The highest BCUT2D eigenvalue weighted by molar-refractivity contribution is 5.14. The molecular formula is C14H19NO. The maximum absolute atomic E-state index is 8.99. The Hall–Kier alpha value is -1.30. The van der Waals surface area contributed by atoms with Gasteiger partial charge in [-0.3, -0.25) is 4.90 Å². The molecule has 0 heterocycles. The van der Waals surface area contributed by atoms with E-state index in [9.17, 15) is 0 Å². The Morgan fingerprint density at radius 2 is 1.94 bits per heavy atom. The quantitative estimate of drug-likeness (QED) is 0.557. The lowest BCUT2D eigenvalue weighted by molar-refractivity contribution is 0.189. The van der Waals surface area contributed by atoms with Gasteiger partial charge in [0.2, 0.25) is 0 Å². The second-order valence-corrected chi connectivity index (χ2v) is 3.79. The first-order valence-corrected chi connectivity index (χ1v) is 5.67. The van der Waals surface area contributed by atoms with Crippen LogP contribution in [0.5, 0.6) is 0 Å². The summed E-state index contributed by atoms with van der Waals surface area (Å²) in [6, 6.07) is 10.3. The predicted molar refractivity (Wildman–Crippen MR) is 66.9 cm³/mol. The average Bonchev–Trinajstić information content (AvgIpc) is 2.31. The van der Waals surface area contributed by atoms with Crippen LogP contribution in [0.15, 0.2) is 30.3 Å². The van der Waals surface area contributed by atoms with E-state index >= 15 is 0 Å². The molecule has 16 heavy (non-hydrogen) atoms. The number of terminal acetylenes is 1. The molecule has 0 fully saturated rings. The van der Waals surface area contributed by atoms with E-state index in [1.807, 2.05) is 18.2 Å². The number of hydrogen-bond acceptors (Lipinski definition) is 2. The highest BCUT2D eigenvalue weighted by Crippen LogP contribution is 2.05. The van der Waals surface area contributed by atoms with E-state index in [0.717, 1.165) is 25.9 Å². The van der Waals surface area contributed by atoms with Gasteiger partial charge in [-0.25, -0.2) is 0 Å². The first-order chi connectivity index (χ1) is 7.86. The number of aliphatic hydroxyl groups is 1. The van der Waals surface area contributed by atoms with Crippen molar-refractivity contribution < 1.29 is 5.11 Å². The molecule has 0 saturated heterocycles. The van der Waals surface area contributed by atoms with Gasteiger partial charge in [-0.2, -0.15) is 0 Å². The molecule has 86 valence electrons. The highest BCUT2D eigenvalue weighted by Gasteiger charge is 2.04. The van der Waals surface area contributed by atoms with Crippen LogP contribution in [-0.4, -0.2) is 29.7 Å². The largest absolute Gasteiger partial charge is 0.395 e. The number of rotatable bonds is 7. The molecule has 0 atom stereocenters. The van der Waals surface area contributed by atoms with E-state index in [0.29, 0.717) is 6.54 Å². The first kappa shape index (κ1) is 12.8. The first-order valence-electron chi connectivity index (χ1n) is 5.67. The van der Waals surface area contributed by atoms with Crippen LogP contribution in [0.2, 0.25) is 0 Å². The molecular weight excluding hydrogens is 198 g/mol. The Morgan fingerprint density at radius 3 is 2.56 bits per heavy atom. The van der Waals surface area contributed by atoms with E-state index in [1.165, 1.54) is 5.56 Å². The molecule has 0 amide bonds. The SMILES string of the molecule is C#CCCCN(CCO)Cc1ccccc1. The molecule has 0 aromatic heterocycles. The lowest BCUT2D eigenvalue weighted by atomic mass is 10.2. The Morgan fingerprint density at radius 1 is 1.19 bits per heavy atom. The fourth-order valence-corrected chi connectivity index (χ4v) is 1.66. The summed E-state index contributed by atoms with van der Waals surface area (Å²) in [5, 5.41) is 8.99. The molecule has 1 rings (SSSR count). The summed E-state index contributed by atoms with van der Waals surface area (Å²) in [5.74, 6) is 2.64. The molecule has 0 saturated carbocycles. The fourth-order valence-electron chi connectivity index (χ4n) is 1.66. The third-order valence-electron chi connectivity index (χ3n) is 2.46. The van der Waals surface area contributed by atoms with E-state index in [4.69, 9.17) is 11.5 Å². The van der Waals surface area contributed by atoms with Gasteiger partial charge in [-0.1, -0.05) is 30.3 Å². The van der Waals surface area contributed by atoms with Crippen LogP contribution in [0.3, 0.4) is 0 Å². The van der Waals surface area contributed by atoms with Gasteiger partial charge in [0.25, 0.3) is 0 Å². The molecule has 1 aromatic carbocycles. The standard InChI is InChI=1S/C14H19NO/c1-2-3-7-10-15(11-12-16)13-14-8-5-4-6-9-14/h1,4-6,8-9,16H,3,7,10-13H2. The van der Waals surface area contributed by atoms with Crippen molar-refractivity contribution in [3.05, 3.63) is 35.9 Å². The van der Waals surface area contributed by atoms with Crippen molar-refractivity contribution in [1.82, 2.24) is 4.90 Å². The van der Waals surface area contributed by atoms with Crippen LogP contribution in [0.1, 0.15) is 18.4 Å². The van der Waals surface area contributed by atoms with E-state index in [1.54, 1.807) is 0 Å². The summed E-state index contributed by atoms with van der Waals surface area (Å²) in [6.07, 6.45) is 7.02. The lowest BCUT2D eigenvalue weighted by Crippen LogP contribution is -2.27. The zero-order chi connectivity index (χ0) is 11.6. The van der Waals surface area contributed by atoms with Gasteiger partial charge in [0.05, 0.1) is 6.61 Å².